The molecule has 1 heterocycles. The van der Waals surface area contributed by atoms with Crippen molar-refractivity contribution in [2.45, 2.75) is 13.5 Å². The van der Waals surface area contributed by atoms with Crippen LogP contribution in [0.4, 0.5) is 15.9 Å². The van der Waals surface area contributed by atoms with Crippen LogP contribution < -0.4 is 4.90 Å². The van der Waals surface area contributed by atoms with Crippen LogP contribution in [-0.4, -0.2) is 16.6 Å². The third kappa shape index (κ3) is 2.65. The largest absolute Gasteiger partial charge is 0.392 e. The molecule has 2 rings (SSSR count). The molecule has 0 fully saturated rings. The monoisotopic (exact) mass is 246 g/mol. The first kappa shape index (κ1) is 12.5. The molecule has 0 aliphatic rings. The van der Waals surface area contributed by atoms with Crippen LogP contribution >= 0.6 is 0 Å². The summed E-state index contributed by atoms with van der Waals surface area (Å²) in [5.74, 6) is 0.430. The number of aromatic nitrogens is 1. The first-order valence-electron chi connectivity index (χ1n) is 5.83. The number of hydrogen-bond acceptors (Lipinski definition) is 3. The van der Waals surface area contributed by atoms with Crippen LogP contribution in [0.25, 0.3) is 0 Å². The van der Waals surface area contributed by atoms with E-state index in [1.165, 1.54) is 12.1 Å². The summed E-state index contributed by atoms with van der Waals surface area (Å²) in [6.07, 6.45) is 1.64. The van der Waals surface area contributed by atoms with Gasteiger partial charge >= 0.3 is 0 Å². The standard InChI is InChI=1S/C14H15FN2O/c1-2-17(13-5-3-4-12(15)9-13)14-8-11(10-18)6-7-16-14/h3-9,18H,2,10H2,1H3. The maximum atomic E-state index is 13.2. The van der Waals surface area contributed by atoms with Gasteiger partial charge in [0.25, 0.3) is 0 Å². The van der Waals surface area contributed by atoms with Crippen molar-refractivity contribution in [1.29, 1.82) is 0 Å². The van der Waals surface area contributed by atoms with Gasteiger partial charge < -0.3 is 10.0 Å². The van der Waals surface area contributed by atoms with Crippen LogP contribution in [0.15, 0.2) is 42.6 Å². The van der Waals surface area contributed by atoms with Crippen LogP contribution in [0.1, 0.15) is 12.5 Å². The van der Waals surface area contributed by atoms with Crippen molar-refractivity contribution < 1.29 is 9.50 Å². The number of aliphatic hydroxyl groups is 1. The molecule has 94 valence electrons. The molecule has 4 heteroatoms. The molecule has 0 atom stereocenters. The van der Waals surface area contributed by atoms with Crippen LogP contribution in [0.2, 0.25) is 0 Å². The average Bonchev–Trinajstić information content (AvgIpc) is 2.40. The molecule has 0 saturated heterocycles. The zero-order valence-electron chi connectivity index (χ0n) is 10.2. The summed E-state index contributed by atoms with van der Waals surface area (Å²) in [7, 11) is 0. The summed E-state index contributed by atoms with van der Waals surface area (Å²) < 4.78 is 13.2. The van der Waals surface area contributed by atoms with Crippen molar-refractivity contribution in [3.8, 4) is 0 Å². The average molecular weight is 246 g/mol. The lowest BCUT2D eigenvalue weighted by atomic mass is 10.2. The molecule has 18 heavy (non-hydrogen) atoms. The van der Waals surface area contributed by atoms with Crippen LogP contribution in [0.3, 0.4) is 0 Å². The Morgan fingerprint density at radius 2 is 2.11 bits per heavy atom. The van der Waals surface area contributed by atoms with E-state index in [0.717, 1.165) is 11.3 Å². The minimum absolute atomic E-state index is 0.0315. The molecule has 0 aliphatic heterocycles. The van der Waals surface area contributed by atoms with Gasteiger partial charge in [-0.1, -0.05) is 6.07 Å². The highest BCUT2D eigenvalue weighted by Gasteiger charge is 2.09. The van der Waals surface area contributed by atoms with Crippen molar-refractivity contribution in [2.75, 3.05) is 11.4 Å². The molecule has 1 aromatic heterocycles. The third-order valence-electron chi connectivity index (χ3n) is 2.71. The molecule has 0 spiro atoms. The predicted octanol–water partition coefficient (Wildman–Crippen LogP) is 2.87. The highest BCUT2D eigenvalue weighted by atomic mass is 19.1. The van der Waals surface area contributed by atoms with Gasteiger partial charge in [-0.05, 0) is 42.8 Å². The molecule has 2 aromatic rings. The van der Waals surface area contributed by atoms with Gasteiger partial charge in [-0.2, -0.15) is 0 Å². The lowest BCUT2D eigenvalue weighted by Crippen LogP contribution is -2.17. The van der Waals surface area contributed by atoms with Gasteiger partial charge in [0.2, 0.25) is 0 Å². The van der Waals surface area contributed by atoms with Gasteiger partial charge in [-0.3, -0.25) is 0 Å². The maximum absolute atomic E-state index is 13.2. The van der Waals surface area contributed by atoms with E-state index < -0.39 is 0 Å². The Morgan fingerprint density at radius 1 is 1.28 bits per heavy atom. The lowest BCUT2D eigenvalue weighted by Gasteiger charge is -2.22. The second-order valence-corrected chi connectivity index (χ2v) is 3.90. The fraction of sp³-hybridized carbons (Fsp3) is 0.214. The van der Waals surface area contributed by atoms with Crippen LogP contribution in [-0.2, 0) is 6.61 Å². The Kier molecular flexibility index (Phi) is 3.89. The van der Waals surface area contributed by atoms with Gasteiger partial charge in [0.15, 0.2) is 0 Å². The smallest absolute Gasteiger partial charge is 0.133 e. The van der Waals surface area contributed by atoms with Gasteiger partial charge in [-0.15, -0.1) is 0 Å². The molecule has 0 saturated carbocycles. The quantitative estimate of drug-likeness (QED) is 0.901. The molecule has 1 N–H and O–H groups in total. The number of benzene rings is 1. The van der Waals surface area contributed by atoms with Crippen molar-refractivity contribution in [3.05, 3.63) is 54.0 Å². The number of aliphatic hydroxyl groups excluding tert-OH is 1. The second-order valence-electron chi connectivity index (χ2n) is 3.90. The molecule has 0 aliphatic carbocycles. The van der Waals surface area contributed by atoms with E-state index in [4.69, 9.17) is 5.11 Å². The van der Waals surface area contributed by atoms with Gasteiger partial charge in [0.05, 0.1) is 6.61 Å². The Labute approximate surface area is 106 Å². The normalized spacial score (nSPS) is 10.4. The first-order chi connectivity index (χ1) is 8.74. The third-order valence-corrected chi connectivity index (χ3v) is 2.71. The molecule has 3 nitrogen and oxygen atoms in total. The minimum atomic E-state index is -0.274. The van der Waals surface area contributed by atoms with Gasteiger partial charge in [-0.25, -0.2) is 9.37 Å². The molecule has 0 amide bonds. The molecular weight excluding hydrogens is 231 g/mol. The fourth-order valence-electron chi connectivity index (χ4n) is 1.83. The maximum Gasteiger partial charge on any atom is 0.133 e. The number of pyridine rings is 1. The Morgan fingerprint density at radius 3 is 2.78 bits per heavy atom. The van der Waals surface area contributed by atoms with Crippen molar-refractivity contribution in [3.63, 3.8) is 0 Å². The Hall–Kier alpha value is -1.94. The van der Waals surface area contributed by atoms with E-state index in [1.807, 2.05) is 17.9 Å². The number of halogens is 1. The van der Waals surface area contributed by atoms with Crippen molar-refractivity contribution >= 4 is 11.5 Å². The highest BCUT2D eigenvalue weighted by molar-refractivity contribution is 5.60. The minimum Gasteiger partial charge on any atom is -0.392 e. The summed E-state index contributed by atoms with van der Waals surface area (Å²) in [6, 6.07) is 9.94. The Balaban J connectivity index is 2.38. The molecular formula is C14H15FN2O. The topological polar surface area (TPSA) is 36.4 Å². The molecule has 1 aromatic carbocycles. The van der Waals surface area contributed by atoms with E-state index in [0.29, 0.717) is 12.4 Å². The zero-order valence-corrected chi connectivity index (χ0v) is 10.2. The number of anilines is 2. The summed E-state index contributed by atoms with van der Waals surface area (Å²) in [4.78, 5) is 6.15. The summed E-state index contributed by atoms with van der Waals surface area (Å²) >= 11 is 0. The van der Waals surface area contributed by atoms with Crippen molar-refractivity contribution in [2.24, 2.45) is 0 Å². The summed E-state index contributed by atoms with van der Waals surface area (Å²) in [6.45, 7) is 2.61. The van der Waals surface area contributed by atoms with E-state index in [-0.39, 0.29) is 12.4 Å². The van der Waals surface area contributed by atoms with Gasteiger partial charge in [0.1, 0.15) is 11.6 Å². The zero-order chi connectivity index (χ0) is 13.0. The van der Waals surface area contributed by atoms with E-state index in [2.05, 4.69) is 4.98 Å². The Bertz CT molecular complexity index is 531. The number of hydrogen-bond donors (Lipinski definition) is 1. The van der Waals surface area contributed by atoms with Crippen LogP contribution in [0.5, 0.6) is 0 Å². The highest BCUT2D eigenvalue weighted by Crippen LogP contribution is 2.24. The number of rotatable bonds is 4. The first-order valence-corrected chi connectivity index (χ1v) is 5.83. The van der Waals surface area contributed by atoms with E-state index >= 15 is 0 Å². The molecule has 0 radical (unpaired) electrons. The van der Waals surface area contributed by atoms with Crippen molar-refractivity contribution in [1.82, 2.24) is 4.98 Å². The number of nitrogens with zero attached hydrogens (tertiary/aromatic N) is 2. The fourth-order valence-corrected chi connectivity index (χ4v) is 1.83. The molecule has 0 unspecified atom stereocenters. The van der Waals surface area contributed by atoms with E-state index in [1.54, 1.807) is 24.4 Å². The molecule has 0 bridgehead atoms. The SMILES string of the molecule is CCN(c1cccc(F)c1)c1cc(CO)ccn1. The lowest BCUT2D eigenvalue weighted by molar-refractivity contribution is 0.282. The van der Waals surface area contributed by atoms with Gasteiger partial charge in [0, 0.05) is 18.4 Å². The predicted molar refractivity (Wildman–Crippen MR) is 69.2 cm³/mol. The summed E-state index contributed by atoms with van der Waals surface area (Å²) in [5.41, 5.74) is 1.54. The second kappa shape index (κ2) is 5.60. The van der Waals surface area contributed by atoms with E-state index in [9.17, 15) is 4.39 Å². The van der Waals surface area contributed by atoms with Crippen LogP contribution in [0, 0.1) is 5.82 Å². The summed E-state index contributed by atoms with van der Waals surface area (Å²) in [5, 5.41) is 9.12.